The molecule has 0 aliphatic heterocycles. The number of methoxy groups -OCH3 is 1. The van der Waals surface area contributed by atoms with E-state index in [4.69, 9.17) is 4.74 Å². The van der Waals surface area contributed by atoms with Crippen LogP contribution in [0.4, 0.5) is 4.39 Å². The van der Waals surface area contributed by atoms with Crippen LogP contribution in [0.3, 0.4) is 0 Å². The topological polar surface area (TPSA) is 104 Å². The zero-order valence-electron chi connectivity index (χ0n) is 19.8. The number of ether oxygens (including phenoxy) is 1. The largest absolute Gasteiger partial charge is 0.494 e. The monoisotopic (exact) mass is 485 g/mol. The molecule has 0 aliphatic carbocycles. The van der Waals surface area contributed by atoms with Gasteiger partial charge >= 0.3 is 5.69 Å². The van der Waals surface area contributed by atoms with Crippen molar-refractivity contribution in [1.29, 1.82) is 0 Å². The van der Waals surface area contributed by atoms with Crippen molar-refractivity contribution < 1.29 is 9.13 Å². The van der Waals surface area contributed by atoms with E-state index < -0.39 is 5.82 Å². The first-order valence-electron chi connectivity index (χ1n) is 11.5. The number of hydrogen-bond donors (Lipinski definition) is 1. The minimum absolute atomic E-state index is 0.114. The van der Waals surface area contributed by atoms with E-state index in [1.165, 1.54) is 17.7 Å². The Morgan fingerprint density at radius 2 is 1.92 bits per heavy atom. The van der Waals surface area contributed by atoms with Crippen LogP contribution in [0.1, 0.15) is 24.6 Å². The molecule has 0 unspecified atom stereocenters. The van der Waals surface area contributed by atoms with Crippen molar-refractivity contribution in [2.24, 2.45) is 0 Å². The second-order valence-corrected chi connectivity index (χ2v) is 8.25. The molecule has 0 amide bonds. The molecule has 5 aromatic rings. The van der Waals surface area contributed by atoms with Gasteiger partial charge in [-0.3, -0.25) is 14.1 Å². The van der Waals surface area contributed by atoms with E-state index in [1.54, 1.807) is 35.3 Å². The van der Waals surface area contributed by atoms with Gasteiger partial charge in [0, 0.05) is 29.8 Å². The molecular weight excluding hydrogens is 461 g/mol. The highest BCUT2D eigenvalue weighted by atomic mass is 19.1. The Kier molecular flexibility index (Phi) is 6.40. The van der Waals surface area contributed by atoms with Crippen LogP contribution in [-0.4, -0.2) is 41.9 Å². The molecule has 0 atom stereocenters. The Bertz CT molecular complexity index is 1540. The molecule has 182 valence electrons. The van der Waals surface area contributed by atoms with E-state index in [-0.39, 0.29) is 11.4 Å². The fraction of sp³-hybridized carbons (Fsp3) is 0.192. The minimum atomic E-state index is -0.518. The molecule has 9 nitrogen and oxygen atoms in total. The highest BCUT2D eigenvalue weighted by Crippen LogP contribution is 2.29. The molecule has 5 rings (SSSR count). The number of pyridine rings is 1. The number of nitrogens with one attached hydrogen (secondary N) is 1. The van der Waals surface area contributed by atoms with Crippen LogP contribution in [-0.2, 0) is 13.0 Å². The molecule has 2 aromatic carbocycles. The lowest BCUT2D eigenvalue weighted by Gasteiger charge is -2.10. The Labute approximate surface area is 206 Å². The molecule has 0 aliphatic rings. The van der Waals surface area contributed by atoms with Crippen molar-refractivity contribution in [2.45, 2.75) is 26.3 Å². The summed E-state index contributed by atoms with van der Waals surface area (Å²) in [6.45, 7) is 2.40. The lowest BCUT2D eigenvalue weighted by atomic mass is 10.00. The van der Waals surface area contributed by atoms with Crippen molar-refractivity contribution in [3.63, 3.8) is 0 Å². The van der Waals surface area contributed by atoms with E-state index in [2.05, 4.69) is 25.6 Å². The van der Waals surface area contributed by atoms with Crippen LogP contribution in [0, 0.1) is 5.82 Å². The van der Waals surface area contributed by atoms with Crippen LogP contribution < -0.4 is 10.4 Å². The van der Waals surface area contributed by atoms with Gasteiger partial charge in [-0.1, -0.05) is 43.7 Å². The summed E-state index contributed by atoms with van der Waals surface area (Å²) in [6, 6.07) is 14.3. The molecule has 3 aromatic heterocycles. The van der Waals surface area contributed by atoms with Gasteiger partial charge in [-0.25, -0.2) is 9.18 Å². The number of rotatable bonds is 8. The van der Waals surface area contributed by atoms with Gasteiger partial charge in [-0.05, 0) is 46.5 Å². The minimum Gasteiger partial charge on any atom is -0.494 e. The predicted octanol–water partition coefficient (Wildman–Crippen LogP) is 4.03. The van der Waals surface area contributed by atoms with E-state index in [1.807, 2.05) is 37.3 Å². The number of para-hydroxylation sites is 1. The number of aryl methyl sites for hydroxylation is 1. The lowest BCUT2D eigenvalue weighted by Crippen LogP contribution is -2.25. The zero-order valence-corrected chi connectivity index (χ0v) is 19.8. The van der Waals surface area contributed by atoms with E-state index in [0.717, 1.165) is 34.4 Å². The van der Waals surface area contributed by atoms with Gasteiger partial charge in [0.05, 0.1) is 13.7 Å². The number of benzene rings is 2. The molecule has 0 fully saturated rings. The predicted molar refractivity (Wildman–Crippen MR) is 132 cm³/mol. The molecule has 0 spiro atoms. The second kappa shape index (κ2) is 9.95. The first kappa shape index (κ1) is 23.2. The van der Waals surface area contributed by atoms with Gasteiger partial charge in [0.1, 0.15) is 11.4 Å². The molecule has 0 bridgehead atoms. The number of hydrogen-bond acceptors (Lipinski definition) is 6. The van der Waals surface area contributed by atoms with Crippen molar-refractivity contribution >= 4 is 0 Å². The normalized spacial score (nSPS) is 11.1. The van der Waals surface area contributed by atoms with Crippen LogP contribution in [0.2, 0.25) is 0 Å². The number of imidazole rings is 1. The molecule has 36 heavy (non-hydrogen) atoms. The first-order valence-corrected chi connectivity index (χ1v) is 11.5. The maximum absolute atomic E-state index is 14.7. The maximum Gasteiger partial charge on any atom is 0.333 e. The number of H-pyrrole nitrogens is 1. The highest BCUT2D eigenvalue weighted by Gasteiger charge is 2.19. The Hall–Kier alpha value is -4.60. The van der Waals surface area contributed by atoms with Crippen LogP contribution in [0.5, 0.6) is 5.75 Å². The third-order valence-electron chi connectivity index (χ3n) is 5.99. The van der Waals surface area contributed by atoms with Crippen molar-refractivity contribution in [3.05, 3.63) is 94.7 Å². The van der Waals surface area contributed by atoms with Gasteiger partial charge in [0.15, 0.2) is 5.82 Å². The van der Waals surface area contributed by atoms with E-state index in [9.17, 15) is 9.18 Å². The first-order chi connectivity index (χ1) is 17.6. The van der Waals surface area contributed by atoms with Crippen molar-refractivity contribution in [3.8, 4) is 34.0 Å². The van der Waals surface area contributed by atoms with Gasteiger partial charge in [0.2, 0.25) is 5.82 Å². The summed E-state index contributed by atoms with van der Waals surface area (Å²) in [4.78, 5) is 17.6. The smallest absolute Gasteiger partial charge is 0.333 e. The Balaban J connectivity index is 1.50. The van der Waals surface area contributed by atoms with E-state index >= 15 is 0 Å². The standard InChI is InChI=1S/C26H24FN7O2/c1-3-5-19-16-34(24-22(27)6-4-7-23(24)36-2)26(35)33(19)15-17-8-10-18(11-9-17)20-12-13-28-14-21(20)25-29-31-32-30-25/h4,6-14,16H,3,5,15H2,1-2H3,(H,29,30,31,32). The number of tetrazole rings is 1. The SMILES string of the molecule is CCCc1cn(-c2c(F)cccc2OC)c(=O)n1Cc1ccc(-c2ccncc2-c2nn[nH]n2)cc1. The summed E-state index contributed by atoms with van der Waals surface area (Å²) < 4.78 is 23.1. The summed E-state index contributed by atoms with van der Waals surface area (Å²) in [7, 11) is 1.46. The summed E-state index contributed by atoms with van der Waals surface area (Å²) in [5, 5.41) is 14.2. The van der Waals surface area contributed by atoms with Crippen molar-refractivity contribution in [2.75, 3.05) is 7.11 Å². The Morgan fingerprint density at radius 3 is 2.64 bits per heavy atom. The summed E-state index contributed by atoms with van der Waals surface area (Å²) >= 11 is 0. The molecule has 0 saturated heterocycles. The lowest BCUT2D eigenvalue weighted by molar-refractivity contribution is 0.408. The number of aromatic nitrogens is 7. The van der Waals surface area contributed by atoms with Gasteiger partial charge in [0.25, 0.3) is 0 Å². The van der Waals surface area contributed by atoms with Gasteiger partial charge in [-0.15, -0.1) is 10.2 Å². The summed E-state index contributed by atoms with van der Waals surface area (Å²) in [6.07, 6.45) is 6.64. The average molecular weight is 486 g/mol. The summed E-state index contributed by atoms with van der Waals surface area (Å²) in [5.74, 6) is 0.245. The number of nitrogens with zero attached hydrogens (tertiary/aromatic N) is 6. The molecule has 1 N–H and O–H groups in total. The quantitative estimate of drug-likeness (QED) is 0.356. The molecule has 10 heteroatoms. The number of halogens is 1. The highest BCUT2D eigenvalue weighted by molar-refractivity contribution is 5.79. The fourth-order valence-corrected chi connectivity index (χ4v) is 4.28. The van der Waals surface area contributed by atoms with Crippen LogP contribution >= 0.6 is 0 Å². The second-order valence-electron chi connectivity index (χ2n) is 8.25. The molecule has 0 radical (unpaired) electrons. The zero-order chi connectivity index (χ0) is 25.1. The van der Waals surface area contributed by atoms with Crippen LogP contribution in [0.15, 0.2) is 71.9 Å². The van der Waals surface area contributed by atoms with Crippen molar-refractivity contribution in [1.82, 2.24) is 34.7 Å². The fourth-order valence-electron chi connectivity index (χ4n) is 4.28. The summed E-state index contributed by atoms with van der Waals surface area (Å²) in [5.41, 5.74) is 4.19. The van der Waals surface area contributed by atoms with Gasteiger partial charge in [-0.2, -0.15) is 5.21 Å². The molecule has 0 saturated carbocycles. The maximum atomic E-state index is 14.7. The average Bonchev–Trinajstić information content (AvgIpc) is 3.54. The van der Waals surface area contributed by atoms with Gasteiger partial charge < -0.3 is 4.74 Å². The molecule has 3 heterocycles. The third kappa shape index (κ3) is 4.28. The van der Waals surface area contributed by atoms with Crippen LogP contribution in [0.25, 0.3) is 28.2 Å². The molecular formula is C26H24FN7O2. The third-order valence-corrected chi connectivity index (χ3v) is 5.99. The number of aromatic amines is 1. The Morgan fingerprint density at radius 1 is 1.08 bits per heavy atom. The van der Waals surface area contributed by atoms with E-state index in [0.29, 0.717) is 24.5 Å².